The third-order valence-corrected chi connectivity index (χ3v) is 2.76. The molecule has 0 aliphatic rings. The number of primary amides is 1. The maximum atomic E-state index is 11.8. The first-order valence-electron chi connectivity index (χ1n) is 5.91. The van der Waals surface area contributed by atoms with Gasteiger partial charge in [0.2, 0.25) is 5.91 Å². The van der Waals surface area contributed by atoms with Gasteiger partial charge in [-0.3, -0.25) is 14.6 Å². The molecule has 96 valence electrons. The average molecular weight is 254 g/mol. The van der Waals surface area contributed by atoms with Crippen molar-refractivity contribution < 1.29 is 9.59 Å². The van der Waals surface area contributed by atoms with Crippen LogP contribution in [-0.4, -0.2) is 16.7 Å². The number of amides is 1. The van der Waals surface area contributed by atoms with E-state index in [0.717, 1.165) is 16.8 Å². The lowest BCUT2D eigenvalue weighted by molar-refractivity contribution is -0.117. The van der Waals surface area contributed by atoms with E-state index in [9.17, 15) is 9.59 Å². The van der Waals surface area contributed by atoms with Gasteiger partial charge in [-0.2, -0.15) is 0 Å². The fourth-order valence-corrected chi connectivity index (χ4v) is 1.77. The van der Waals surface area contributed by atoms with E-state index in [0.29, 0.717) is 5.56 Å². The molecule has 0 aliphatic heterocycles. The van der Waals surface area contributed by atoms with Crippen LogP contribution in [-0.2, 0) is 4.79 Å². The van der Waals surface area contributed by atoms with Crippen LogP contribution in [0.1, 0.15) is 22.5 Å². The highest BCUT2D eigenvalue weighted by molar-refractivity contribution is 6.07. The maximum absolute atomic E-state index is 11.8. The van der Waals surface area contributed by atoms with Crippen molar-refractivity contribution in [1.82, 2.24) is 4.98 Å². The van der Waals surface area contributed by atoms with Gasteiger partial charge in [0.25, 0.3) is 0 Å². The molecule has 0 saturated heterocycles. The number of pyridine rings is 1. The van der Waals surface area contributed by atoms with Crippen LogP contribution < -0.4 is 5.73 Å². The van der Waals surface area contributed by atoms with Crippen molar-refractivity contribution in [3.63, 3.8) is 0 Å². The third-order valence-electron chi connectivity index (χ3n) is 2.76. The number of rotatable bonds is 4. The summed E-state index contributed by atoms with van der Waals surface area (Å²) in [7, 11) is 0. The van der Waals surface area contributed by atoms with Crippen LogP contribution in [0.5, 0.6) is 0 Å². The highest BCUT2D eigenvalue weighted by atomic mass is 16.2. The Hall–Kier alpha value is -2.49. The van der Waals surface area contributed by atoms with E-state index in [1.54, 1.807) is 24.4 Å². The zero-order chi connectivity index (χ0) is 13.8. The fraction of sp³-hybridized carbons (Fsp3) is 0.133. The predicted molar refractivity (Wildman–Crippen MR) is 72.6 cm³/mol. The lowest BCUT2D eigenvalue weighted by Gasteiger charge is -2.04. The average Bonchev–Trinajstić information content (AvgIpc) is 2.39. The minimum Gasteiger partial charge on any atom is -0.369 e. The van der Waals surface area contributed by atoms with Gasteiger partial charge < -0.3 is 5.73 Å². The Labute approximate surface area is 111 Å². The highest BCUT2D eigenvalue weighted by Gasteiger charge is 2.10. The van der Waals surface area contributed by atoms with Crippen molar-refractivity contribution in [3.8, 4) is 11.1 Å². The molecule has 1 heterocycles. The maximum Gasteiger partial charge on any atom is 0.225 e. The molecule has 2 N–H and O–H groups in total. The molecule has 1 aromatic heterocycles. The number of ketones is 1. The zero-order valence-electron chi connectivity index (χ0n) is 10.6. The second-order valence-electron chi connectivity index (χ2n) is 4.34. The van der Waals surface area contributed by atoms with Gasteiger partial charge in [-0.25, -0.2) is 0 Å². The third kappa shape index (κ3) is 3.25. The summed E-state index contributed by atoms with van der Waals surface area (Å²) in [5, 5.41) is 0. The van der Waals surface area contributed by atoms with Crippen LogP contribution in [0.3, 0.4) is 0 Å². The molecular weight excluding hydrogens is 240 g/mol. The van der Waals surface area contributed by atoms with E-state index in [2.05, 4.69) is 4.98 Å². The van der Waals surface area contributed by atoms with Crippen LogP contribution in [0.15, 0.2) is 42.6 Å². The van der Waals surface area contributed by atoms with Crippen LogP contribution in [0.25, 0.3) is 11.1 Å². The monoisotopic (exact) mass is 254 g/mol. The van der Waals surface area contributed by atoms with E-state index in [1.807, 2.05) is 25.1 Å². The molecule has 1 amide bonds. The lowest BCUT2D eigenvalue weighted by Crippen LogP contribution is -2.16. The van der Waals surface area contributed by atoms with E-state index < -0.39 is 5.91 Å². The molecule has 0 unspecified atom stereocenters. The number of aromatic nitrogens is 1. The van der Waals surface area contributed by atoms with Gasteiger partial charge >= 0.3 is 0 Å². The van der Waals surface area contributed by atoms with Gasteiger partial charge in [0, 0.05) is 23.0 Å². The Balaban J connectivity index is 2.31. The van der Waals surface area contributed by atoms with Gasteiger partial charge in [0.05, 0.1) is 6.42 Å². The second kappa shape index (κ2) is 5.44. The van der Waals surface area contributed by atoms with Crippen molar-refractivity contribution >= 4 is 11.7 Å². The molecule has 0 aliphatic carbocycles. The molecule has 0 radical (unpaired) electrons. The van der Waals surface area contributed by atoms with Crippen molar-refractivity contribution in [1.29, 1.82) is 0 Å². The molecule has 0 saturated carbocycles. The summed E-state index contributed by atoms with van der Waals surface area (Å²) in [6, 6.07) is 11.0. The molecule has 0 atom stereocenters. The molecule has 4 nitrogen and oxygen atoms in total. The number of hydrogen-bond donors (Lipinski definition) is 1. The summed E-state index contributed by atoms with van der Waals surface area (Å²) in [4.78, 5) is 26.8. The van der Waals surface area contributed by atoms with E-state index >= 15 is 0 Å². The first kappa shape index (κ1) is 13.0. The molecule has 19 heavy (non-hydrogen) atoms. The molecule has 1 aromatic carbocycles. The lowest BCUT2D eigenvalue weighted by atomic mass is 10.0. The zero-order valence-corrected chi connectivity index (χ0v) is 10.6. The molecule has 4 heteroatoms. The van der Waals surface area contributed by atoms with Gasteiger partial charge in [-0.15, -0.1) is 0 Å². The fourth-order valence-electron chi connectivity index (χ4n) is 1.77. The Bertz CT molecular complexity index is 618. The molecule has 0 spiro atoms. The number of aryl methyl sites for hydroxylation is 1. The van der Waals surface area contributed by atoms with Gasteiger partial charge in [0.1, 0.15) is 0 Å². The number of Topliss-reactive ketones (excluding diaryl/α,β-unsaturated/α-hetero) is 1. The summed E-state index contributed by atoms with van der Waals surface area (Å²) >= 11 is 0. The largest absolute Gasteiger partial charge is 0.369 e. The summed E-state index contributed by atoms with van der Waals surface area (Å²) in [6.45, 7) is 1.91. The van der Waals surface area contributed by atoms with Crippen LogP contribution in [0, 0.1) is 6.92 Å². The highest BCUT2D eigenvalue weighted by Crippen LogP contribution is 2.20. The Morgan fingerprint density at radius 2 is 1.95 bits per heavy atom. The van der Waals surface area contributed by atoms with E-state index in [-0.39, 0.29) is 12.2 Å². The van der Waals surface area contributed by atoms with Crippen LogP contribution in [0.2, 0.25) is 0 Å². The molecule has 2 aromatic rings. The number of hydrogen-bond acceptors (Lipinski definition) is 3. The van der Waals surface area contributed by atoms with Crippen LogP contribution in [0.4, 0.5) is 0 Å². The summed E-state index contributed by atoms with van der Waals surface area (Å²) in [6.07, 6.45) is 1.49. The SMILES string of the molecule is Cc1ccc(-c2cccc(C(=O)CC(N)=O)c2)cn1. The summed E-state index contributed by atoms with van der Waals surface area (Å²) in [5.74, 6) is -0.887. The minimum atomic E-state index is -0.618. The molecule has 2 rings (SSSR count). The Morgan fingerprint density at radius 3 is 2.58 bits per heavy atom. The number of benzene rings is 1. The van der Waals surface area contributed by atoms with Gasteiger partial charge in [0.15, 0.2) is 5.78 Å². The smallest absolute Gasteiger partial charge is 0.225 e. The molecule has 0 fully saturated rings. The van der Waals surface area contributed by atoms with E-state index in [1.165, 1.54) is 0 Å². The van der Waals surface area contributed by atoms with E-state index in [4.69, 9.17) is 5.73 Å². The Morgan fingerprint density at radius 1 is 1.16 bits per heavy atom. The number of carbonyl (C=O) groups excluding carboxylic acids is 2. The first-order valence-corrected chi connectivity index (χ1v) is 5.91. The van der Waals surface area contributed by atoms with Crippen molar-refractivity contribution in [2.75, 3.05) is 0 Å². The van der Waals surface area contributed by atoms with Gasteiger partial charge in [-0.1, -0.05) is 24.3 Å². The second-order valence-corrected chi connectivity index (χ2v) is 4.34. The summed E-state index contributed by atoms with van der Waals surface area (Å²) < 4.78 is 0. The van der Waals surface area contributed by atoms with Crippen LogP contribution >= 0.6 is 0 Å². The standard InChI is InChI=1S/C15H14N2O2/c1-10-5-6-13(9-17-10)11-3-2-4-12(7-11)14(18)8-15(16)19/h2-7,9H,8H2,1H3,(H2,16,19). The number of carbonyl (C=O) groups is 2. The first-order chi connectivity index (χ1) is 9.06. The number of nitrogens with two attached hydrogens (primary N) is 1. The topological polar surface area (TPSA) is 73.1 Å². The normalized spacial score (nSPS) is 10.2. The molecular formula is C15H14N2O2. The van der Waals surface area contributed by atoms with Crippen molar-refractivity contribution in [2.24, 2.45) is 5.73 Å². The van der Waals surface area contributed by atoms with Crippen molar-refractivity contribution in [3.05, 3.63) is 53.9 Å². The summed E-state index contributed by atoms with van der Waals surface area (Å²) in [5.41, 5.74) is 8.27. The Kier molecular flexibility index (Phi) is 3.71. The molecule has 0 bridgehead atoms. The number of nitrogens with zero attached hydrogens (tertiary/aromatic N) is 1. The van der Waals surface area contributed by atoms with Gasteiger partial charge in [-0.05, 0) is 24.6 Å². The quantitative estimate of drug-likeness (QED) is 0.671. The van der Waals surface area contributed by atoms with Crippen molar-refractivity contribution in [2.45, 2.75) is 13.3 Å². The minimum absolute atomic E-state index is 0.268. The predicted octanol–water partition coefficient (Wildman–Crippen LogP) is 2.12.